The highest BCUT2D eigenvalue weighted by atomic mass is 14.6. The number of hydrogen-bond donors (Lipinski definition) is 0. The smallest absolute Gasteiger partial charge is 0.187 e. The number of hydrogen-bond acceptors (Lipinski definition) is 1. The van der Waals surface area contributed by atoms with Crippen LogP contribution in [0, 0.1) is 17.9 Å². The van der Waals surface area contributed by atoms with Gasteiger partial charge in [-0.2, -0.15) is 5.26 Å². The maximum absolute atomic E-state index is 9.46. The van der Waals surface area contributed by atoms with Crippen LogP contribution in [-0.4, -0.2) is 0 Å². The molecule has 0 N–H and O–H groups in total. The zero-order valence-corrected chi connectivity index (χ0v) is 22.8. The van der Waals surface area contributed by atoms with E-state index >= 15 is 0 Å². The summed E-state index contributed by atoms with van der Waals surface area (Å²) in [5, 5.41) is 9.46. The second-order valence-electron chi connectivity index (χ2n) is 11.1. The van der Waals surface area contributed by atoms with Gasteiger partial charge in [0.2, 0.25) is 0 Å². The van der Waals surface area contributed by atoms with Crippen molar-refractivity contribution in [2.45, 2.75) is 11.8 Å². The lowest BCUT2D eigenvalue weighted by Gasteiger charge is -2.16. The van der Waals surface area contributed by atoms with Crippen LogP contribution in [0.15, 0.2) is 133 Å². The van der Waals surface area contributed by atoms with Crippen LogP contribution >= 0.6 is 0 Å². The van der Waals surface area contributed by atoms with E-state index in [0.717, 1.165) is 5.56 Å². The normalized spacial score (nSPS) is 15.6. The summed E-state index contributed by atoms with van der Waals surface area (Å²) in [5.41, 5.74) is 16.1. The molecule has 0 bridgehead atoms. The van der Waals surface area contributed by atoms with Crippen molar-refractivity contribution in [3.8, 4) is 39.4 Å². The van der Waals surface area contributed by atoms with E-state index in [1.54, 1.807) is 0 Å². The molecule has 2 unspecified atom stereocenters. The van der Waals surface area contributed by atoms with E-state index in [1.807, 2.05) is 24.3 Å². The Morgan fingerprint density at radius 3 is 1.50 bits per heavy atom. The Labute approximate surface area is 245 Å². The van der Waals surface area contributed by atoms with Crippen LogP contribution < -0.4 is 0 Å². The van der Waals surface area contributed by atoms with Crippen molar-refractivity contribution in [3.63, 3.8) is 0 Å². The van der Waals surface area contributed by atoms with Crippen molar-refractivity contribution < 1.29 is 0 Å². The van der Waals surface area contributed by atoms with Crippen molar-refractivity contribution in [2.24, 2.45) is 0 Å². The van der Waals surface area contributed by atoms with Gasteiger partial charge in [-0.25, -0.2) is 4.85 Å². The summed E-state index contributed by atoms with van der Waals surface area (Å²) >= 11 is 0. The van der Waals surface area contributed by atoms with Gasteiger partial charge in [-0.15, -0.1) is 0 Å². The minimum Gasteiger partial charge on any atom is -0.238 e. The summed E-state index contributed by atoms with van der Waals surface area (Å²) in [6.07, 6.45) is 0. The van der Waals surface area contributed by atoms with E-state index in [9.17, 15) is 5.26 Å². The molecule has 2 aliphatic carbocycles. The molecule has 0 amide bonds. The number of nitrogens with zero attached hydrogens (tertiary/aromatic N) is 2. The fourth-order valence-corrected chi connectivity index (χ4v) is 6.99. The van der Waals surface area contributed by atoms with E-state index in [2.05, 4.69) is 120 Å². The molecule has 2 atom stereocenters. The van der Waals surface area contributed by atoms with Gasteiger partial charge in [0.1, 0.15) is 0 Å². The van der Waals surface area contributed by atoms with Gasteiger partial charge in [0, 0.05) is 11.8 Å². The number of rotatable bonds is 3. The highest BCUT2D eigenvalue weighted by Crippen LogP contribution is 2.50. The molecule has 0 heterocycles. The van der Waals surface area contributed by atoms with E-state index in [4.69, 9.17) is 6.57 Å². The van der Waals surface area contributed by atoms with Crippen LogP contribution in [0.1, 0.15) is 50.8 Å². The molecule has 6 aromatic carbocycles. The van der Waals surface area contributed by atoms with Crippen LogP contribution in [0.2, 0.25) is 0 Å². The SMILES string of the molecule is [C-]#[N+]c1ccc2c(c1)-c1ccccc1C2c1ccc(-c2ccc(C3c4ccccc4-c4cc(C#N)ccc43)cc2)cc1. The zero-order chi connectivity index (χ0) is 28.2. The molecular weight excluding hydrogens is 508 g/mol. The molecular formula is C40H24N2. The lowest BCUT2D eigenvalue weighted by atomic mass is 9.87. The van der Waals surface area contributed by atoms with Gasteiger partial charge in [-0.1, -0.05) is 115 Å². The summed E-state index contributed by atoms with van der Waals surface area (Å²) < 4.78 is 0. The Morgan fingerprint density at radius 2 is 0.976 bits per heavy atom. The van der Waals surface area contributed by atoms with Gasteiger partial charge >= 0.3 is 0 Å². The average molecular weight is 533 g/mol. The van der Waals surface area contributed by atoms with E-state index < -0.39 is 0 Å². The number of benzene rings is 6. The van der Waals surface area contributed by atoms with Crippen LogP contribution in [0.3, 0.4) is 0 Å². The largest absolute Gasteiger partial charge is 0.238 e. The maximum atomic E-state index is 9.46. The topological polar surface area (TPSA) is 28.1 Å². The molecule has 0 aliphatic heterocycles. The van der Waals surface area contributed by atoms with Crippen LogP contribution in [0.5, 0.6) is 0 Å². The van der Waals surface area contributed by atoms with Gasteiger partial charge in [0.05, 0.1) is 18.2 Å². The third-order valence-electron chi connectivity index (χ3n) is 8.92. The first-order valence-electron chi connectivity index (χ1n) is 14.2. The quantitative estimate of drug-likeness (QED) is 0.208. The Kier molecular flexibility index (Phi) is 5.43. The molecule has 0 saturated heterocycles. The molecule has 0 fully saturated rings. The summed E-state index contributed by atoms with van der Waals surface area (Å²) in [5.74, 6) is 0.322. The molecule has 0 aromatic heterocycles. The van der Waals surface area contributed by atoms with Crippen LogP contribution in [-0.2, 0) is 0 Å². The molecule has 2 heteroatoms. The first-order valence-corrected chi connectivity index (χ1v) is 14.2. The molecule has 2 nitrogen and oxygen atoms in total. The summed E-state index contributed by atoms with van der Waals surface area (Å²) in [6, 6.07) is 49.4. The Balaban J connectivity index is 1.12. The Morgan fingerprint density at radius 1 is 0.500 bits per heavy atom. The van der Waals surface area contributed by atoms with Gasteiger partial charge in [0.15, 0.2) is 5.69 Å². The molecule has 0 radical (unpaired) electrons. The maximum Gasteiger partial charge on any atom is 0.187 e. The van der Waals surface area contributed by atoms with Crippen molar-refractivity contribution in [2.75, 3.05) is 0 Å². The first-order chi connectivity index (χ1) is 20.7. The summed E-state index contributed by atoms with van der Waals surface area (Å²) in [7, 11) is 0. The standard InChI is InChI=1S/C40H24N2/c1-42-30-19-21-36-38(23-30)32-7-3-5-9-34(32)40(36)29-17-13-27(14-18-29)26-11-15-28(16-12-26)39-33-8-4-2-6-31(33)37-22-25(24-41)10-20-35(37)39/h2-23,39-40H. The first kappa shape index (κ1) is 24.1. The van der Waals surface area contributed by atoms with Crippen molar-refractivity contribution in [1.29, 1.82) is 5.26 Å². The molecule has 6 aromatic rings. The third kappa shape index (κ3) is 3.63. The number of nitriles is 1. The van der Waals surface area contributed by atoms with Gasteiger partial charge in [-0.3, -0.25) is 0 Å². The predicted octanol–water partition coefficient (Wildman–Crippen LogP) is 10.1. The zero-order valence-electron chi connectivity index (χ0n) is 22.8. The van der Waals surface area contributed by atoms with Crippen molar-refractivity contribution >= 4 is 5.69 Å². The third-order valence-corrected chi connectivity index (χ3v) is 8.92. The molecule has 42 heavy (non-hydrogen) atoms. The predicted molar refractivity (Wildman–Crippen MR) is 169 cm³/mol. The van der Waals surface area contributed by atoms with Gasteiger partial charge < -0.3 is 0 Å². The molecule has 194 valence electrons. The van der Waals surface area contributed by atoms with Crippen molar-refractivity contribution in [1.82, 2.24) is 0 Å². The fourth-order valence-electron chi connectivity index (χ4n) is 6.99. The second-order valence-corrected chi connectivity index (χ2v) is 11.1. The van der Waals surface area contributed by atoms with Crippen LogP contribution in [0.4, 0.5) is 5.69 Å². The minimum atomic E-state index is 0.159. The number of fused-ring (bicyclic) bond motifs is 6. The highest BCUT2D eigenvalue weighted by Gasteiger charge is 2.31. The van der Waals surface area contributed by atoms with E-state index in [0.29, 0.717) is 11.3 Å². The summed E-state index contributed by atoms with van der Waals surface area (Å²) in [6.45, 7) is 7.47. The van der Waals surface area contributed by atoms with Gasteiger partial charge in [-0.05, 0) is 85.0 Å². The van der Waals surface area contributed by atoms with E-state index in [1.165, 1.54) is 61.2 Å². The average Bonchev–Trinajstić information content (AvgIpc) is 3.57. The van der Waals surface area contributed by atoms with Crippen molar-refractivity contribution in [3.05, 3.63) is 184 Å². The van der Waals surface area contributed by atoms with E-state index in [-0.39, 0.29) is 11.8 Å². The monoisotopic (exact) mass is 532 g/mol. The lowest BCUT2D eigenvalue weighted by molar-refractivity contribution is 1.01. The molecule has 8 rings (SSSR count). The Bertz CT molecular complexity index is 1950. The fraction of sp³-hybridized carbons (Fsp3) is 0.0500. The lowest BCUT2D eigenvalue weighted by Crippen LogP contribution is -1.99. The Hall–Kier alpha value is -5.70. The minimum absolute atomic E-state index is 0.159. The van der Waals surface area contributed by atoms with Crippen LogP contribution in [0.25, 0.3) is 38.2 Å². The molecule has 2 aliphatic rings. The molecule has 0 saturated carbocycles. The summed E-state index contributed by atoms with van der Waals surface area (Å²) in [4.78, 5) is 3.66. The highest BCUT2D eigenvalue weighted by molar-refractivity contribution is 5.84. The van der Waals surface area contributed by atoms with Gasteiger partial charge in [0.25, 0.3) is 0 Å². The second kappa shape index (κ2) is 9.45. The molecule has 0 spiro atoms.